The SMILES string of the molecule is CCCCCCCCCCC1CB1F. The molecule has 14 heavy (non-hydrogen) atoms. The Kier molecular flexibility index (Phi) is 6.30. The fourth-order valence-electron chi connectivity index (χ4n) is 2.05. The molecule has 1 unspecified atom stereocenters. The van der Waals surface area contributed by atoms with Crippen molar-refractivity contribution in [3.63, 3.8) is 0 Å². The predicted molar refractivity (Wildman–Crippen MR) is 62.6 cm³/mol. The molecular formula is C12H24BF. The van der Waals surface area contributed by atoms with E-state index in [1.807, 2.05) is 0 Å². The molecule has 1 rings (SSSR count). The van der Waals surface area contributed by atoms with Crippen molar-refractivity contribution in [2.75, 3.05) is 0 Å². The van der Waals surface area contributed by atoms with E-state index in [-0.39, 0.29) is 0 Å². The number of halogens is 1. The minimum absolute atomic E-state index is 0.431. The molecule has 1 heterocycles. The van der Waals surface area contributed by atoms with Gasteiger partial charge in [0.2, 0.25) is 0 Å². The van der Waals surface area contributed by atoms with Crippen molar-refractivity contribution in [2.45, 2.75) is 76.8 Å². The normalized spacial score (nSPS) is 20.1. The Morgan fingerprint density at radius 2 is 1.50 bits per heavy atom. The van der Waals surface area contributed by atoms with Gasteiger partial charge in [-0.2, -0.15) is 0 Å². The second kappa shape index (κ2) is 7.31. The average molecular weight is 198 g/mol. The van der Waals surface area contributed by atoms with E-state index in [4.69, 9.17) is 0 Å². The molecule has 0 saturated carbocycles. The smallest absolute Gasteiger partial charge is 0.336 e. The Balaban J connectivity index is 1.68. The molecule has 1 atom stereocenters. The monoisotopic (exact) mass is 198 g/mol. The van der Waals surface area contributed by atoms with Gasteiger partial charge in [0.05, 0.1) is 0 Å². The van der Waals surface area contributed by atoms with Gasteiger partial charge in [-0.25, -0.2) is 0 Å². The number of unbranched alkanes of at least 4 members (excludes halogenated alkanes) is 7. The lowest BCUT2D eigenvalue weighted by Crippen LogP contribution is -1.83. The topological polar surface area (TPSA) is 0 Å². The maximum absolute atomic E-state index is 12.5. The van der Waals surface area contributed by atoms with E-state index in [2.05, 4.69) is 6.92 Å². The highest BCUT2D eigenvalue weighted by Gasteiger charge is 2.42. The zero-order chi connectivity index (χ0) is 10.2. The number of hydrogen-bond donors (Lipinski definition) is 0. The summed E-state index contributed by atoms with van der Waals surface area (Å²) in [7, 11) is 0. The van der Waals surface area contributed by atoms with E-state index in [9.17, 15) is 4.32 Å². The highest BCUT2D eigenvalue weighted by atomic mass is 19.1. The summed E-state index contributed by atoms with van der Waals surface area (Å²) in [6.45, 7) is 1.82. The quantitative estimate of drug-likeness (QED) is 0.366. The van der Waals surface area contributed by atoms with Gasteiger partial charge in [-0.05, 0) is 12.1 Å². The summed E-state index contributed by atoms with van der Waals surface area (Å²) < 4.78 is 12.5. The van der Waals surface area contributed by atoms with Gasteiger partial charge >= 0.3 is 6.99 Å². The first-order valence-corrected chi connectivity index (χ1v) is 6.48. The van der Waals surface area contributed by atoms with Gasteiger partial charge in [0.15, 0.2) is 0 Å². The van der Waals surface area contributed by atoms with Gasteiger partial charge in [0.25, 0.3) is 0 Å². The van der Waals surface area contributed by atoms with E-state index >= 15 is 0 Å². The summed E-state index contributed by atoms with van der Waals surface area (Å²) in [6.07, 6.45) is 12.9. The molecule has 0 bridgehead atoms. The highest BCUT2D eigenvalue weighted by molar-refractivity contribution is 6.64. The lowest BCUT2D eigenvalue weighted by atomic mass is 9.92. The fourth-order valence-corrected chi connectivity index (χ4v) is 2.05. The average Bonchev–Trinajstić information content (AvgIpc) is 2.87. The summed E-state index contributed by atoms with van der Waals surface area (Å²) >= 11 is 0. The van der Waals surface area contributed by atoms with E-state index in [1.165, 1.54) is 51.4 Å². The molecule has 0 nitrogen and oxygen atoms in total. The first-order valence-electron chi connectivity index (χ1n) is 6.48. The van der Waals surface area contributed by atoms with Gasteiger partial charge in [-0.3, -0.25) is 0 Å². The van der Waals surface area contributed by atoms with E-state index in [0.29, 0.717) is 5.82 Å². The molecule has 1 saturated heterocycles. The van der Waals surface area contributed by atoms with Gasteiger partial charge < -0.3 is 4.32 Å². The third-order valence-corrected chi connectivity index (χ3v) is 3.26. The van der Waals surface area contributed by atoms with Crippen molar-refractivity contribution in [2.24, 2.45) is 0 Å². The molecule has 1 aliphatic rings. The van der Waals surface area contributed by atoms with Crippen molar-refractivity contribution < 1.29 is 4.32 Å². The lowest BCUT2D eigenvalue weighted by Gasteiger charge is -2.00. The molecule has 0 aliphatic carbocycles. The van der Waals surface area contributed by atoms with E-state index in [1.54, 1.807) is 0 Å². The van der Waals surface area contributed by atoms with Crippen LogP contribution < -0.4 is 0 Å². The highest BCUT2D eigenvalue weighted by Crippen LogP contribution is 2.42. The van der Waals surface area contributed by atoms with Gasteiger partial charge in [0.1, 0.15) is 0 Å². The minimum atomic E-state index is -0.431. The number of hydrogen-bond acceptors (Lipinski definition) is 0. The van der Waals surface area contributed by atoms with Crippen LogP contribution >= 0.6 is 0 Å². The largest absolute Gasteiger partial charge is 0.350 e. The van der Waals surface area contributed by atoms with Crippen molar-refractivity contribution in [3.8, 4) is 0 Å². The van der Waals surface area contributed by atoms with Gasteiger partial charge in [-0.15, -0.1) is 0 Å². The summed E-state index contributed by atoms with van der Waals surface area (Å²) in [4.78, 5) is 0. The standard InChI is InChI=1S/C12H24BF/c1-2-3-4-5-6-7-8-9-10-12-11-13(12)14/h12H,2-11H2,1H3. The van der Waals surface area contributed by atoms with Crippen molar-refractivity contribution >= 4 is 6.99 Å². The Labute approximate surface area is 88.8 Å². The van der Waals surface area contributed by atoms with Crippen LogP contribution in [0.25, 0.3) is 0 Å². The van der Waals surface area contributed by atoms with Crippen LogP contribution in [0.1, 0.15) is 64.7 Å². The van der Waals surface area contributed by atoms with Crippen LogP contribution in [0.4, 0.5) is 4.32 Å². The maximum Gasteiger partial charge on any atom is 0.350 e. The molecule has 0 spiro atoms. The molecule has 0 aromatic heterocycles. The number of rotatable bonds is 9. The summed E-state index contributed by atoms with van der Waals surface area (Å²) in [5.41, 5.74) is 0. The van der Waals surface area contributed by atoms with Crippen molar-refractivity contribution in [1.82, 2.24) is 0 Å². The second-order valence-corrected chi connectivity index (χ2v) is 4.78. The maximum atomic E-state index is 12.5. The van der Waals surface area contributed by atoms with Crippen molar-refractivity contribution in [3.05, 3.63) is 0 Å². The zero-order valence-electron chi connectivity index (χ0n) is 9.60. The van der Waals surface area contributed by atoms with Crippen LogP contribution in [0, 0.1) is 0 Å². The van der Waals surface area contributed by atoms with E-state index in [0.717, 1.165) is 12.7 Å². The second-order valence-electron chi connectivity index (χ2n) is 4.78. The van der Waals surface area contributed by atoms with Crippen LogP contribution in [-0.2, 0) is 0 Å². The van der Waals surface area contributed by atoms with Crippen LogP contribution in [0.15, 0.2) is 0 Å². The molecular weight excluding hydrogens is 174 g/mol. The first kappa shape index (κ1) is 12.1. The Hall–Kier alpha value is -0.00506. The Morgan fingerprint density at radius 1 is 1.00 bits per heavy atom. The van der Waals surface area contributed by atoms with Crippen LogP contribution in [0.5, 0.6) is 0 Å². The lowest BCUT2D eigenvalue weighted by molar-refractivity contribution is 0.566. The van der Waals surface area contributed by atoms with Crippen molar-refractivity contribution in [1.29, 1.82) is 0 Å². The first-order chi connectivity index (χ1) is 6.84. The molecule has 0 aromatic carbocycles. The summed E-state index contributed by atoms with van der Waals surface area (Å²) in [6, 6.07) is 0. The molecule has 2 heteroatoms. The molecule has 1 aliphatic heterocycles. The third kappa shape index (κ3) is 5.67. The molecule has 82 valence electrons. The van der Waals surface area contributed by atoms with E-state index < -0.39 is 6.99 Å². The molecule has 1 fully saturated rings. The van der Waals surface area contributed by atoms with Crippen LogP contribution in [0.2, 0.25) is 12.1 Å². The van der Waals surface area contributed by atoms with Gasteiger partial charge in [-0.1, -0.05) is 64.7 Å². The predicted octanol–water partition coefficient (Wildman–Crippen LogP) is 4.86. The molecule has 0 radical (unpaired) electrons. The third-order valence-electron chi connectivity index (χ3n) is 3.26. The molecule has 0 N–H and O–H groups in total. The summed E-state index contributed by atoms with van der Waals surface area (Å²) in [5.74, 6) is 0.454. The Morgan fingerprint density at radius 3 is 2.00 bits per heavy atom. The van der Waals surface area contributed by atoms with Crippen LogP contribution in [-0.4, -0.2) is 6.99 Å². The van der Waals surface area contributed by atoms with Crippen LogP contribution in [0.3, 0.4) is 0 Å². The Bertz CT molecular complexity index is 138. The molecule has 0 aromatic rings. The zero-order valence-corrected chi connectivity index (χ0v) is 9.60. The minimum Gasteiger partial charge on any atom is -0.336 e. The molecule has 0 amide bonds. The fraction of sp³-hybridized carbons (Fsp3) is 1.00. The van der Waals surface area contributed by atoms with Gasteiger partial charge in [0, 0.05) is 0 Å². The summed E-state index contributed by atoms with van der Waals surface area (Å²) in [5, 5.41) is 0.